The Morgan fingerprint density at radius 2 is 2.00 bits per heavy atom. The van der Waals surface area contributed by atoms with Gasteiger partial charge in [-0.15, -0.1) is 0 Å². The smallest absolute Gasteiger partial charge is 0.407 e. The van der Waals surface area contributed by atoms with Crippen molar-refractivity contribution in [3.05, 3.63) is 29.8 Å². The predicted octanol–water partition coefficient (Wildman–Crippen LogP) is 2.46. The minimum absolute atomic E-state index is 0.249. The number of phenolic OH excluding ortho intramolecular Hbond substituents is 1. The van der Waals surface area contributed by atoms with Gasteiger partial charge in [0.05, 0.1) is 0 Å². The van der Waals surface area contributed by atoms with Gasteiger partial charge in [-0.2, -0.15) is 0 Å². The van der Waals surface area contributed by atoms with E-state index in [0.717, 1.165) is 5.56 Å². The lowest BCUT2D eigenvalue weighted by Crippen LogP contribution is -2.33. The highest BCUT2D eigenvalue weighted by molar-refractivity contribution is 5.67. The van der Waals surface area contributed by atoms with Gasteiger partial charge in [0.15, 0.2) is 0 Å². The van der Waals surface area contributed by atoms with Crippen molar-refractivity contribution in [3.8, 4) is 5.75 Å². The number of alkyl carbamates (subject to hydrolysis) is 1. The molecule has 1 aromatic rings. The molecule has 0 atom stereocenters. The van der Waals surface area contributed by atoms with Crippen LogP contribution in [-0.2, 0) is 11.2 Å². The molecule has 94 valence electrons. The lowest BCUT2D eigenvalue weighted by Gasteiger charge is -2.19. The number of hydrogen-bond donors (Lipinski definition) is 2. The fourth-order valence-electron chi connectivity index (χ4n) is 1.34. The Morgan fingerprint density at radius 3 is 2.59 bits per heavy atom. The summed E-state index contributed by atoms with van der Waals surface area (Å²) in [5.74, 6) is 0.249. The van der Waals surface area contributed by atoms with Crippen molar-refractivity contribution in [1.29, 1.82) is 0 Å². The van der Waals surface area contributed by atoms with Gasteiger partial charge in [0.2, 0.25) is 0 Å². The molecule has 0 heterocycles. The monoisotopic (exact) mass is 237 g/mol. The summed E-state index contributed by atoms with van der Waals surface area (Å²) in [6.45, 7) is 5.88. The topological polar surface area (TPSA) is 58.6 Å². The van der Waals surface area contributed by atoms with E-state index in [9.17, 15) is 9.90 Å². The standard InChI is InChI=1S/C13H19NO3/c1-13(2,3)17-12(16)14-9-8-10-6-4-5-7-11(10)15/h4-7,15H,8-9H2,1-3H3,(H,14,16). The Hall–Kier alpha value is -1.71. The number of carbonyl (C=O) groups excluding carboxylic acids is 1. The third-order valence-corrected chi connectivity index (χ3v) is 2.05. The molecule has 0 radical (unpaired) electrons. The highest BCUT2D eigenvalue weighted by atomic mass is 16.6. The van der Waals surface area contributed by atoms with Crippen molar-refractivity contribution in [2.24, 2.45) is 0 Å². The molecule has 0 spiro atoms. The van der Waals surface area contributed by atoms with Gasteiger partial charge in [-0.05, 0) is 38.8 Å². The minimum atomic E-state index is -0.487. The van der Waals surface area contributed by atoms with Crippen LogP contribution in [0.15, 0.2) is 24.3 Å². The number of ether oxygens (including phenoxy) is 1. The second-order valence-corrected chi connectivity index (χ2v) is 4.81. The summed E-state index contributed by atoms with van der Waals surface area (Å²) in [6.07, 6.45) is 0.138. The summed E-state index contributed by atoms with van der Waals surface area (Å²) in [7, 11) is 0. The quantitative estimate of drug-likeness (QED) is 0.849. The molecule has 4 heteroatoms. The first-order chi connectivity index (χ1) is 7.88. The molecule has 17 heavy (non-hydrogen) atoms. The number of aromatic hydroxyl groups is 1. The highest BCUT2D eigenvalue weighted by Gasteiger charge is 2.15. The fourth-order valence-corrected chi connectivity index (χ4v) is 1.34. The van der Waals surface area contributed by atoms with Crippen molar-refractivity contribution < 1.29 is 14.6 Å². The van der Waals surface area contributed by atoms with Crippen LogP contribution in [0.4, 0.5) is 4.79 Å². The molecule has 0 fully saturated rings. The normalized spacial score (nSPS) is 11.0. The van der Waals surface area contributed by atoms with E-state index in [0.29, 0.717) is 13.0 Å². The molecule has 0 saturated carbocycles. The minimum Gasteiger partial charge on any atom is -0.508 e. The molecule has 1 rings (SSSR count). The van der Waals surface area contributed by atoms with Crippen molar-refractivity contribution >= 4 is 6.09 Å². The molecule has 0 aliphatic heterocycles. The Balaban J connectivity index is 2.34. The number of para-hydroxylation sites is 1. The number of nitrogens with one attached hydrogen (secondary N) is 1. The largest absolute Gasteiger partial charge is 0.508 e. The molecule has 4 nitrogen and oxygen atoms in total. The molecule has 0 saturated heterocycles. The van der Waals surface area contributed by atoms with Gasteiger partial charge in [-0.25, -0.2) is 4.79 Å². The van der Waals surface area contributed by atoms with E-state index in [4.69, 9.17) is 4.74 Å². The molecule has 0 aliphatic carbocycles. The van der Waals surface area contributed by atoms with Gasteiger partial charge in [0.1, 0.15) is 11.4 Å². The maximum Gasteiger partial charge on any atom is 0.407 e. The van der Waals surface area contributed by atoms with Crippen molar-refractivity contribution in [2.45, 2.75) is 32.8 Å². The third kappa shape index (κ3) is 5.24. The maximum absolute atomic E-state index is 11.3. The second kappa shape index (κ2) is 5.57. The van der Waals surface area contributed by atoms with Crippen LogP contribution in [0.3, 0.4) is 0 Å². The van der Waals surface area contributed by atoms with Gasteiger partial charge in [0.25, 0.3) is 0 Å². The molecule has 0 unspecified atom stereocenters. The SMILES string of the molecule is CC(C)(C)OC(=O)NCCc1ccccc1O. The number of rotatable bonds is 3. The van der Waals surface area contributed by atoms with Crippen LogP contribution in [0.25, 0.3) is 0 Å². The van der Waals surface area contributed by atoms with Gasteiger partial charge in [0, 0.05) is 6.54 Å². The number of amides is 1. The van der Waals surface area contributed by atoms with Crippen LogP contribution >= 0.6 is 0 Å². The third-order valence-electron chi connectivity index (χ3n) is 2.05. The number of phenols is 1. The van der Waals surface area contributed by atoms with E-state index < -0.39 is 11.7 Å². The van der Waals surface area contributed by atoms with Crippen molar-refractivity contribution in [1.82, 2.24) is 5.32 Å². The van der Waals surface area contributed by atoms with Gasteiger partial charge < -0.3 is 15.2 Å². The molecular formula is C13H19NO3. The van der Waals surface area contributed by atoms with Crippen molar-refractivity contribution in [3.63, 3.8) is 0 Å². The van der Waals surface area contributed by atoms with Gasteiger partial charge in [-0.1, -0.05) is 18.2 Å². The van der Waals surface area contributed by atoms with Crippen LogP contribution in [0.2, 0.25) is 0 Å². The van der Waals surface area contributed by atoms with Crippen LogP contribution in [0.1, 0.15) is 26.3 Å². The van der Waals surface area contributed by atoms with Crippen LogP contribution < -0.4 is 5.32 Å². The number of hydrogen-bond acceptors (Lipinski definition) is 3. The summed E-state index contributed by atoms with van der Waals surface area (Å²) in [5.41, 5.74) is 0.322. The zero-order chi connectivity index (χ0) is 12.9. The Labute approximate surface area is 102 Å². The molecule has 1 aromatic carbocycles. The first-order valence-corrected chi connectivity index (χ1v) is 5.62. The fraction of sp³-hybridized carbons (Fsp3) is 0.462. The summed E-state index contributed by atoms with van der Waals surface area (Å²) >= 11 is 0. The van der Waals surface area contributed by atoms with E-state index in [-0.39, 0.29) is 5.75 Å². The summed E-state index contributed by atoms with van der Waals surface area (Å²) in [4.78, 5) is 11.3. The molecule has 0 bridgehead atoms. The predicted molar refractivity (Wildman–Crippen MR) is 66.0 cm³/mol. The van der Waals surface area contributed by atoms with E-state index in [1.165, 1.54) is 0 Å². The summed E-state index contributed by atoms with van der Waals surface area (Å²) in [5, 5.41) is 12.2. The molecule has 0 aliphatic rings. The average molecular weight is 237 g/mol. The summed E-state index contributed by atoms with van der Waals surface area (Å²) < 4.78 is 5.09. The average Bonchev–Trinajstić information content (AvgIpc) is 2.18. The lowest BCUT2D eigenvalue weighted by atomic mass is 10.1. The first kappa shape index (κ1) is 13.4. The van der Waals surface area contributed by atoms with Crippen LogP contribution in [0, 0.1) is 0 Å². The van der Waals surface area contributed by atoms with E-state index in [1.54, 1.807) is 12.1 Å². The molecular weight excluding hydrogens is 218 g/mol. The van der Waals surface area contributed by atoms with Gasteiger partial charge in [-0.3, -0.25) is 0 Å². The van der Waals surface area contributed by atoms with Crippen LogP contribution in [0.5, 0.6) is 5.75 Å². The van der Waals surface area contributed by atoms with Crippen molar-refractivity contribution in [2.75, 3.05) is 6.54 Å². The zero-order valence-electron chi connectivity index (χ0n) is 10.5. The van der Waals surface area contributed by atoms with Gasteiger partial charge >= 0.3 is 6.09 Å². The Kier molecular flexibility index (Phi) is 4.37. The number of benzene rings is 1. The second-order valence-electron chi connectivity index (χ2n) is 4.81. The maximum atomic E-state index is 11.3. The lowest BCUT2D eigenvalue weighted by molar-refractivity contribution is 0.0528. The molecule has 0 aromatic heterocycles. The Morgan fingerprint density at radius 1 is 1.35 bits per heavy atom. The Bertz CT molecular complexity index is 382. The van der Waals surface area contributed by atoms with Crippen LogP contribution in [-0.4, -0.2) is 23.3 Å². The van der Waals surface area contributed by atoms with E-state index >= 15 is 0 Å². The number of carbonyl (C=O) groups is 1. The van der Waals surface area contributed by atoms with E-state index in [2.05, 4.69) is 5.32 Å². The first-order valence-electron chi connectivity index (χ1n) is 5.62. The highest BCUT2D eigenvalue weighted by Crippen LogP contribution is 2.15. The molecule has 2 N–H and O–H groups in total. The zero-order valence-corrected chi connectivity index (χ0v) is 10.5. The summed E-state index contributed by atoms with van der Waals surface area (Å²) in [6, 6.07) is 7.07. The molecule has 1 amide bonds. The van der Waals surface area contributed by atoms with E-state index in [1.807, 2.05) is 32.9 Å².